The molecule has 3 aromatic rings. The van der Waals surface area contributed by atoms with E-state index in [9.17, 15) is 4.79 Å². The van der Waals surface area contributed by atoms with Crippen LogP contribution >= 0.6 is 34.5 Å². The van der Waals surface area contributed by atoms with Gasteiger partial charge in [0.05, 0.1) is 34.0 Å². The lowest BCUT2D eigenvalue weighted by Crippen LogP contribution is -2.43. The van der Waals surface area contributed by atoms with Crippen molar-refractivity contribution in [3.63, 3.8) is 0 Å². The van der Waals surface area contributed by atoms with Crippen molar-refractivity contribution in [1.82, 2.24) is 25.2 Å². The van der Waals surface area contributed by atoms with Crippen LogP contribution in [0.25, 0.3) is 0 Å². The van der Waals surface area contributed by atoms with Crippen LogP contribution in [0.1, 0.15) is 35.5 Å². The van der Waals surface area contributed by atoms with Crippen molar-refractivity contribution < 1.29 is 4.79 Å². The Labute approximate surface area is 188 Å². The molecule has 10 heteroatoms. The van der Waals surface area contributed by atoms with Gasteiger partial charge >= 0.3 is 6.03 Å². The first-order chi connectivity index (χ1) is 14.4. The van der Waals surface area contributed by atoms with E-state index in [-0.39, 0.29) is 12.1 Å². The molecule has 2 amide bonds. The van der Waals surface area contributed by atoms with E-state index < -0.39 is 0 Å². The Hall–Kier alpha value is -2.42. The number of nitrogens with zero attached hydrogens (tertiary/aromatic N) is 4. The van der Waals surface area contributed by atoms with E-state index in [4.69, 9.17) is 23.2 Å². The molecule has 2 N–H and O–H groups in total. The summed E-state index contributed by atoms with van der Waals surface area (Å²) < 4.78 is 0. The first-order valence-electron chi connectivity index (χ1n) is 9.43. The summed E-state index contributed by atoms with van der Waals surface area (Å²) in [6.45, 7) is 4.87. The Bertz CT molecular complexity index is 1090. The standard InChI is InChI=1S/C20H20Cl2N6OS/c1-11-10-30-19(24-11)27-18-23-8-14-5-6-28(9-17(14)26-18)20(29)25-12(2)13-3-4-15(21)16(22)7-13/h3-4,7-8,10,12H,5-6,9H2,1-2H3,(H,25,29)(H,23,24,26,27). The van der Waals surface area contributed by atoms with Crippen LogP contribution in [0, 0.1) is 6.92 Å². The van der Waals surface area contributed by atoms with E-state index in [0.29, 0.717) is 35.5 Å². The molecule has 1 aliphatic heterocycles. The lowest BCUT2D eigenvalue weighted by molar-refractivity contribution is 0.188. The van der Waals surface area contributed by atoms with Gasteiger partial charge < -0.3 is 15.5 Å². The second kappa shape index (κ2) is 8.75. The van der Waals surface area contributed by atoms with Crippen LogP contribution in [0.3, 0.4) is 0 Å². The van der Waals surface area contributed by atoms with Crippen LogP contribution in [0.2, 0.25) is 10.0 Å². The normalized spacial score (nSPS) is 14.2. The number of carbonyl (C=O) groups excluding carboxylic acids is 1. The van der Waals surface area contributed by atoms with Gasteiger partial charge in [0.2, 0.25) is 5.95 Å². The summed E-state index contributed by atoms with van der Waals surface area (Å²) in [5.74, 6) is 0.481. The Morgan fingerprint density at radius 3 is 2.83 bits per heavy atom. The molecule has 1 atom stereocenters. The molecule has 0 bridgehead atoms. The fourth-order valence-electron chi connectivity index (χ4n) is 3.19. The van der Waals surface area contributed by atoms with Gasteiger partial charge in [0.1, 0.15) is 0 Å². The molecule has 7 nitrogen and oxygen atoms in total. The Morgan fingerprint density at radius 1 is 1.27 bits per heavy atom. The quantitative estimate of drug-likeness (QED) is 0.561. The second-order valence-corrected chi connectivity index (χ2v) is 8.77. The molecule has 3 heterocycles. The molecule has 0 spiro atoms. The molecule has 0 saturated heterocycles. The Kier molecular flexibility index (Phi) is 6.08. The van der Waals surface area contributed by atoms with E-state index >= 15 is 0 Å². The molecular formula is C20H20Cl2N6OS. The van der Waals surface area contributed by atoms with Gasteiger partial charge in [-0.3, -0.25) is 0 Å². The van der Waals surface area contributed by atoms with Crippen LogP contribution in [-0.2, 0) is 13.0 Å². The average Bonchev–Trinajstić information content (AvgIpc) is 3.13. The lowest BCUT2D eigenvalue weighted by atomic mass is 10.1. The van der Waals surface area contributed by atoms with Gasteiger partial charge in [0.15, 0.2) is 5.13 Å². The fraction of sp³-hybridized carbons (Fsp3) is 0.300. The largest absolute Gasteiger partial charge is 0.331 e. The van der Waals surface area contributed by atoms with Crippen LogP contribution in [-0.4, -0.2) is 32.4 Å². The highest BCUT2D eigenvalue weighted by atomic mass is 35.5. The SMILES string of the molecule is Cc1csc(Nc2ncc3c(n2)CN(C(=O)NC(C)c2ccc(Cl)c(Cl)c2)CC3)n1. The first-order valence-corrected chi connectivity index (χ1v) is 11.1. The van der Waals surface area contributed by atoms with Gasteiger partial charge in [-0.1, -0.05) is 29.3 Å². The van der Waals surface area contributed by atoms with Crippen molar-refractivity contribution in [2.75, 3.05) is 11.9 Å². The molecule has 1 unspecified atom stereocenters. The number of urea groups is 1. The van der Waals surface area contributed by atoms with Gasteiger partial charge in [0, 0.05) is 18.1 Å². The van der Waals surface area contributed by atoms with E-state index in [0.717, 1.165) is 27.6 Å². The molecular weight excluding hydrogens is 443 g/mol. The number of halogens is 2. The number of thiazole rings is 1. The van der Waals surface area contributed by atoms with E-state index in [1.165, 1.54) is 11.3 Å². The third-order valence-electron chi connectivity index (χ3n) is 4.85. The third-order valence-corrected chi connectivity index (χ3v) is 6.47. The number of rotatable bonds is 4. The minimum atomic E-state index is -0.204. The number of aromatic nitrogens is 3. The van der Waals surface area contributed by atoms with E-state index in [2.05, 4.69) is 25.6 Å². The molecule has 156 valence electrons. The predicted octanol–water partition coefficient (Wildman–Crippen LogP) is 5.12. The second-order valence-electron chi connectivity index (χ2n) is 7.10. The number of benzene rings is 1. The van der Waals surface area contributed by atoms with Gasteiger partial charge in [-0.25, -0.2) is 19.7 Å². The molecule has 0 saturated carbocycles. The number of nitrogens with one attached hydrogen (secondary N) is 2. The predicted molar refractivity (Wildman–Crippen MR) is 120 cm³/mol. The Balaban J connectivity index is 1.42. The zero-order valence-electron chi connectivity index (χ0n) is 16.4. The van der Waals surface area contributed by atoms with Gasteiger partial charge in [-0.15, -0.1) is 11.3 Å². The number of hydrogen-bond acceptors (Lipinski definition) is 6. The van der Waals surface area contributed by atoms with Crippen molar-refractivity contribution in [2.24, 2.45) is 0 Å². The molecule has 0 radical (unpaired) electrons. The maximum absolute atomic E-state index is 12.8. The average molecular weight is 463 g/mol. The maximum Gasteiger partial charge on any atom is 0.318 e. The van der Waals surface area contributed by atoms with E-state index in [1.54, 1.807) is 17.0 Å². The number of fused-ring (bicyclic) bond motifs is 1. The maximum atomic E-state index is 12.8. The van der Waals surface area contributed by atoms with Crippen LogP contribution in [0.15, 0.2) is 29.8 Å². The van der Waals surface area contributed by atoms with Crippen molar-refractivity contribution in [3.05, 3.63) is 62.3 Å². The molecule has 0 aliphatic carbocycles. The monoisotopic (exact) mass is 462 g/mol. The number of aryl methyl sites for hydroxylation is 1. The minimum absolute atomic E-state index is 0.150. The van der Waals surface area contributed by atoms with Crippen LogP contribution in [0.5, 0.6) is 0 Å². The lowest BCUT2D eigenvalue weighted by Gasteiger charge is -2.29. The highest BCUT2D eigenvalue weighted by Gasteiger charge is 2.24. The summed E-state index contributed by atoms with van der Waals surface area (Å²) >= 11 is 13.6. The van der Waals surface area contributed by atoms with E-state index in [1.807, 2.05) is 31.5 Å². The number of anilines is 2. The van der Waals surface area contributed by atoms with Crippen LogP contribution in [0.4, 0.5) is 15.9 Å². The molecule has 1 aliphatic rings. The van der Waals surface area contributed by atoms with Gasteiger partial charge in [0.25, 0.3) is 0 Å². The minimum Gasteiger partial charge on any atom is -0.331 e. The summed E-state index contributed by atoms with van der Waals surface area (Å²) in [5.41, 5.74) is 3.73. The van der Waals surface area contributed by atoms with Crippen LogP contribution < -0.4 is 10.6 Å². The molecule has 0 fully saturated rings. The molecule has 1 aromatic carbocycles. The summed E-state index contributed by atoms with van der Waals surface area (Å²) in [5, 5.41) is 9.80. The van der Waals surface area contributed by atoms with Gasteiger partial charge in [-0.2, -0.15) is 0 Å². The zero-order valence-corrected chi connectivity index (χ0v) is 18.8. The molecule has 30 heavy (non-hydrogen) atoms. The first kappa shape index (κ1) is 20.8. The smallest absolute Gasteiger partial charge is 0.318 e. The van der Waals surface area contributed by atoms with Gasteiger partial charge in [-0.05, 0) is 43.5 Å². The summed E-state index contributed by atoms with van der Waals surface area (Å²) in [4.78, 5) is 27.9. The van der Waals surface area contributed by atoms with Crippen molar-refractivity contribution in [1.29, 1.82) is 0 Å². The molecule has 4 rings (SSSR count). The highest BCUT2D eigenvalue weighted by molar-refractivity contribution is 7.13. The summed E-state index contributed by atoms with van der Waals surface area (Å²) in [6, 6.07) is 5.00. The zero-order chi connectivity index (χ0) is 21.3. The summed E-state index contributed by atoms with van der Waals surface area (Å²) in [7, 11) is 0. The number of amides is 2. The number of hydrogen-bond donors (Lipinski definition) is 2. The van der Waals surface area contributed by atoms with Crippen molar-refractivity contribution in [2.45, 2.75) is 32.9 Å². The van der Waals surface area contributed by atoms with Crippen molar-refractivity contribution in [3.8, 4) is 0 Å². The number of carbonyl (C=O) groups is 1. The highest BCUT2D eigenvalue weighted by Crippen LogP contribution is 2.26. The fourth-order valence-corrected chi connectivity index (χ4v) is 4.17. The third kappa shape index (κ3) is 4.66. The Morgan fingerprint density at radius 2 is 2.10 bits per heavy atom. The summed E-state index contributed by atoms with van der Waals surface area (Å²) in [6.07, 6.45) is 2.53. The topological polar surface area (TPSA) is 83.0 Å². The molecule has 2 aromatic heterocycles. The van der Waals surface area contributed by atoms with Crippen molar-refractivity contribution >= 4 is 51.6 Å².